The molecule has 0 atom stereocenters. The van der Waals surface area contributed by atoms with Crippen molar-refractivity contribution in [3.63, 3.8) is 0 Å². The van der Waals surface area contributed by atoms with Crippen LogP contribution in [0.4, 0.5) is 0 Å². The highest BCUT2D eigenvalue weighted by Crippen LogP contribution is 2.32. The molecule has 0 aliphatic carbocycles. The summed E-state index contributed by atoms with van der Waals surface area (Å²) in [6.45, 7) is 0. The standard InChI is InChI=1S/C24H15BrClN3/c25-18-10-6-17(7-11-18)23-21-14-15-22(16-8-12-19(26)13-9-16)27-24(21)29(28-23)20-4-2-1-3-5-20/h1-15H. The first-order valence-electron chi connectivity index (χ1n) is 9.16. The Morgan fingerprint density at radius 3 is 2.14 bits per heavy atom. The molecule has 0 unspecified atom stereocenters. The van der Waals surface area contributed by atoms with Crippen LogP contribution in [0.5, 0.6) is 0 Å². The Hall–Kier alpha value is -2.95. The van der Waals surface area contributed by atoms with Gasteiger partial charge in [0.1, 0.15) is 5.69 Å². The fraction of sp³-hybridized carbons (Fsp3) is 0. The normalized spacial score (nSPS) is 11.1. The molecule has 0 saturated carbocycles. The number of pyridine rings is 1. The molecule has 0 spiro atoms. The Morgan fingerprint density at radius 1 is 0.724 bits per heavy atom. The minimum atomic E-state index is 0.710. The summed E-state index contributed by atoms with van der Waals surface area (Å²) in [5.41, 5.74) is 5.65. The van der Waals surface area contributed by atoms with Crippen molar-refractivity contribution < 1.29 is 0 Å². The zero-order valence-electron chi connectivity index (χ0n) is 15.3. The van der Waals surface area contributed by atoms with Crippen LogP contribution in [0.15, 0.2) is 95.5 Å². The molecule has 3 nitrogen and oxygen atoms in total. The van der Waals surface area contributed by atoms with Crippen LogP contribution < -0.4 is 0 Å². The zero-order valence-corrected chi connectivity index (χ0v) is 17.6. The molecule has 2 aromatic heterocycles. The maximum Gasteiger partial charge on any atom is 0.164 e. The van der Waals surface area contributed by atoms with Gasteiger partial charge in [-0.2, -0.15) is 5.10 Å². The molecule has 5 aromatic rings. The van der Waals surface area contributed by atoms with Gasteiger partial charge in [-0.25, -0.2) is 9.67 Å². The molecule has 0 aliphatic heterocycles. The number of fused-ring (bicyclic) bond motifs is 1. The Kier molecular flexibility index (Phi) is 4.66. The average molecular weight is 461 g/mol. The second-order valence-electron chi connectivity index (χ2n) is 6.68. The molecule has 5 rings (SSSR count). The van der Waals surface area contributed by atoms with Crippen molar-refractivity contribution in [3.8, 4) is 28.2 Å². The largest absolute Gasteiger partial charge is 0.228 e. The van der Waals surface area contributed by atoms with E-state index in [4.69, 9.17) is 21.7 Å². The van der Waals surface area contributed by atoms with E-state index in [1.165, 1.54) is 0 Å². The molecule has 3 aromatic carbocycles. The van der Waals surface area contributed by atoms with Crippen molar-refractivity contribution >= 4 is 38.6 Å². The number of nitrogens with zero attached hydrogens (tertiary/aromatic N) is 3. The summed E-state index contributed by atoms with van der Waals surface area (Å²) in [5, 5.41) is 6.64. The lowest BCUT2D eigenvalue weighted by molar-refractivity contribution is 0.901. The Labute approximate surface area is 181 Å². The molecule has 0 fully saturated rings. The van der Waals surface area contributed by atoms with Gasteiger partial charge in [-0.1, -0.05) is 70.0 Å². The van der Waals surface area contributed by atoms with E-state index < -0.39 is 0 Å². The molecular formula is C24H15BrClN3. The van der Waals surface area contributed by atoms with Gasteiger partial charge in [0, 0.05) is 26.0 Å². The van der Waals surface area contributed by atoms with Gasteiger partial charge in [0.15, 0.2) is 5.65 Å². The summed E-state index contributed by atoms with van der Waals surface area (Å²) in [6.07, 6.45) is 0. The molecule has 0 amide bonds. The Morgan fingerprint density at radius 2 is 1.41 bits per heavy atom. The van der Waals surface area contributed by atoms with Crippen LogP contribution >= 0.6 is 27.5 Å². The summed E-state index contributed by atoms with van der Waals surface area (Å²) < 4.78 is 2.95. The lowest BCUT2D eigenvalue weighted by Gasteiger charge is -2.05. The molecule has 29 heavy (non-hydrogen) atoms. The smallest absolute Gasteiger partial charge is 0.164 e. The van der Waals surface area contributed by atoms with Gasteiger partial charge in [-0.05, 0) is 48.5 Å². The van der Waals surface area contributed by atoms with Crippen molar-refractivity contribution in [2.75, 3.05) is 0 Å². The summed E-state index contributed by atoms with van der Waals surface area (Å²) in [7, 11) is 0. The van der Waals surface area contributed by atoms with Gasteiger partial charge in [-0.3, -0.25) is 0 Å². The topological polar surface area (TPSA) is 30.7 Å². The summed E-state index contributed by atoms with van der Waals surface area (Å²) >= 11 is 9.55. The predicted octanol–water partition coefficient (Wildman–Crippen LogP) is 7.17. The van der Waals surface area contributed by atoms with Crippen LogP contribution in [0.3, 0.4) is 0 Å². The van der Waals surface area contributed by atoms with E-state index in [9.17, 15) is 0 Å². The van der Waals surface area contributed by atoms with Gasteiger partial charge < -0.3 is 0 Å². The highest BCUT2D eigenvalue weighted by atomic mass is 79.9. The van der Waals surface area contributed by atoms with Crippen LogP contribution in [-0.4, -0.2) is 14.8 Å². The monoisotopic (exact) mass is 459 g/mol. The number of hydrogen-bond donors (Lipinski definition) is 0. The first-order valence-corrected chi connectivity index (χ1v) is 10.3. The quantitative estimate of drug-likeness (QED) is 0.286. The number of hydrogen-bond acceptors (Lipinski definition) is 2. The first-order chi connectivity index (χ1) is 14.2. The van der Waals surface area contributed by atoms with Crippen molar-refractivity contribution in [2.24, 2.45) is 0 Å². The number of aromatic nitrogens is 3. The molecule has 0 N–H and O–H groups in total. The lowest BCUT2D eigenvalue weighted by atomic mass is 10.1. The van der Waals surface area contributed by atoms with Crippen LogP contribution in [-0.2, 0) is 0 Å². The molecule has 0 saturated heterocycles. The zero-order chi connectivity index (χ0) is 19.8. The summed E-state index contributed by atoms with van der Waals surface area (Å²) in [4.78, 5) is 4.96. The van der Waals surface area contributed by atoms with Crippen LogP contribution in [0, 0.1) is 0 Å². The van der Waals surface area contributed by atoms with Crippen LogP contribution in [0.25, 0.3) is 39.2 Å². The fourth-order valence-corrected chi connectivity index (χ4v) is 3.74. The van der Waals surface area contributed by atoms with E-state index in [0.717, 1.165) is 43.7 Å². The highest BCUT2D eigenvalue weighted by Gasteiger charge is 2.16. The van der Waals surface area contributed by atoms with E-state index in [0.29, 0.717) is 5.02 Å². The minimum absolute atomic E-state index is 0.710. The predicted molar refractivity (Wildman–Crippen MR) is 122 cm³/mol. The van der Waals surface area contributed by atoms with Crippen molar-refractivity contribution in [3.05, 3.63) is 100 Å². The Bertz CT molecular complexity index is 1290. The molecule has 2 heterocycles. The summed E-state index contributed by atoms with van der Waals surface area (Å²) in [5.74, 6) is 0. The summed E-state index contributed by atoms with van der Waals surface area (Å²) in [6, 6.07) is 30.1. The average Bonchev–Trinajstić information content (AvgIpc) is 3.14. The third-order valence-electron chi connectivity index (χ3n) is 4.79. The maximum absolute atomic E-state index is 6.04. The van der Waals surface area contributed by atoms with Crippen LogP contribution in [0.1, 0.15) is 0 Å². The Balaban J connectivity index is 1.75. The van der Waals surface area contributed by atoms with Crippen LogP contribution in [0.2, 0.25) is 5.02 Å². The number of para-hydroxylation sites is 1. The van der Waals surface area contributed by atoms with E-state index in [1.807, 2.05) is 77.5 Å². The first kappa shape index (κ1) is 18.1. The molecule has 0 bridgehead atoms. The number of halogens is 2. The van der Waals surface area contributed by atoms with Gasteiger partial charge >= 0.3 is 0 Å². The van der Waals surface area contributed by atoms with Gasteiger partial charge in [0.25, 0.3) is 0 Å². The molecule has 140 valence electrons. The third-order valence-corrected chi connectivity index (χ3v) is 5.57. The van der Waals surface area contributed by atoms with Gasteiger partial charge in [-0.15, -0.1) is 0 Å². The second kappa shape index (κ2) is 7.47. The fourth-order valence-electron chi connectivity index (χ4n) is 3.35. The van der Waals surface area contributed by atoms with E-state index in [2.05, 4.69) is 34.1 Å². The van der Waals surface area contributed by atoms with Crippen molar-refractivity contribution in [2.45, 2.75) is 0 Å². The SMILES string of the molecule is Clc1ccc(-c2ccc3c(-c4ccc(Br)cc4)nn(-c4ccccc4)c3n2)cc1. The van der Waals surface area contributed by atoms with E-state index in [1.54, 1.807) is 0 Å². The van der Waals surface area contributed by atoms with Crippen molar-refractivity contribution in [1.29, 1.82) is 0 Å². The highest BCUT2D eigenvalue weighted by molar-refractivity contribution is 9.10. The van der Waals surface area contributed by atoms with Crippen molar-refractivity contribution in [1.82, 2.24) is 14.8 Å². The molecule has 0 radical (unpaired) electrons. The number of rotatable bonds is 3. The lowest BCUT2D eigenvalue weighted by Crippen LogP contribution is -1.98. The molecule has 0 aliphatic rings. The van der Waals surface area contributed by atoms with E-state index in [-0.39, 0.29) is 0 Å². The molecule has 5 heteroatoms. The van der Waals surface area contributed by atoms with E-state index >= 15 is 0 Å². The number of benzene rings is 3. The maximum atomic E-state index is 6.04. The third kappa shape index (κ3) is 3.46. The molecular weight excluding hydrogens is 446 g/mol. The van der Waals surface area contributed by atoms with Gasteiger partial charge in [0.05, 0.1) is 11.4 Å². The van der Waals surface area contributed by atoms with Gasteiger partial charge in [0.2, 0.25) is 0 Å². The second-order valence-corrected chi connectivity index (χ2v) is 8.03. The minimum Gasteiger partial charge on any atom is -0.228 e.